The van der Waals surface area contributed by atoms with Gasteiger partial charge in [0.1, 0.15) is 5.75 Å². The molecule has 0 radical (unpaired) electrons. The fraction of sp³-hybridized carbons (Fsp3) is 0.364. The van der Waals surface area contributed by atoms with Gasteiger partial charge in [0.25, 0.3) is 5.91 Å². The molecule has 1 saturated heterocycles. The predicted molar refractivity (Wildman–Crippen MR) is 106 cm³/mol. The molecule has 2 aromatic carbocycles. The molecule has 0 aromatic heterocycles. The number of rotatable bonds is 8. The monoisotopic (exact) mass is 366 g/mol. The predicted octanol–water partition coefficient (Wildman–Crippen LogP) is 3.33. The maximum atomic E-state index is 12.8. The molecule has 0 bridgehead atoms. The van der Waals surface area contributed by atoms with Gasteiger partial charge in [-0.05, 0) is 49.6 Å². The summed E-state index contributed by atoms with van der Waals surface area (Å²) in [6, 6.07) is 16.8. The molecular formula is C22H26N2O3. The minimum Gasteiger partial charge on any atom is -0.494 e. The number of carbonyl (C=O) groups is 2. The first-order valence-corrected chi connectivity index (χ1v) is 9.48. The summed E-state index contributed by atoms with van der Waals surface area (Å²) in [5.74, 6) is 0.375. The Kier molecular flexibility index (Phi) is 6.24. The molecule has 1 heterocycles. The highest BCUT2D eigenvalue weighted by molar-refractivity contribution is 6.22. The minimum atomic E-state index is -0.479. The number of imide groups is 1. The highest BCUT2D eigenvalue weighted by Gasteiger charge is 2.39. The van der Waals surface area contributed by atoms with Crippen molar-refractivity contribution in [1.29, 1.82) is 0 Å². The number of hydrogen-bond donors (Lipinski definition) is 1. The van der Waals surface area contributed by atoms with Gasteiger partial charge in [0.2, 0.25) is 5.91 Å². The van der Waals surface area contributed by atoms with Crippen LogP contribution in [0.2, 0.25) is 0 Å². The lowest BCUT2D eigenvalue weighted by atomic mass is 10.1. The summed E-state index contributed by atoms with van der Waals surface area (Å²) < 4.78 is 5.56. The van der Waals surface area contributed by atoms with Crippen LogP contribution in [0.1, 0.15) is 32.3 Å². The summed E-state index contributed by atoms with van der Waals surface area (Å²) in [6.07, 6.45) is 1.92. The average molecular weight is 366 g/mol. The van der Waals surface area contributed by atoms with E-state index in [4.69, 9.17) is 4.74 Å². The summed E-state index contributed by atoms with van der Waals surface area (Å²) in [6.45, 7) is 4.72. The summed E-state index contributed by atoms with van der Waals surface area (Å²) in [7, 11) is 0. The Balaban J connectivity index is 1.62. The van der Waals surface area contributed by atoms with Crippen molar-refractivity contribution in [2.45, 2.75) is 45.2 Å². The van der Waals surface area contributed by atoms with Crippen molar-refractivity contribution >= 4 is 17.5 Å². The molecule has 2 atom stereocenters. The number of nitrogens with one attached hydrogen (secondary N) is 1. The number of anilines is 1. The van der Waals surface area contributed by atoms with Crippen LogP contribution in [0.4, 0.5) is 5.69 Å². The second-order valence-corrected chi connectivity index (χ2v) is 6.92. The van der Waals surface area contributed by atoms with Gasteiger partial charge in [-0.2, -0.15) is 0 Å². The van der Waals surface area contributed by atoms with Gasteiger partial charge in [-0.25, -0.2) is 4.90 Å². The van der Waals surface area contributed by atoms with Gasteiger partial charge in [-0.15, -0.1) is 0 Å². The van der Waals surface area contributed by atoms with Crippen molar-refractivity contribution in [3.63, 3.8) is 0 Å². The zero-order valence-corrected chi connectivity index (χ0v) is 15.9. The van der Waals surface area contributed by atoms with E-state index in [0.29, 0.717) is 12.3 Å². The first kappa shape index (κ1) is 19.1. The van der Waals surface area contributed by atoms with Gasteiger partial charge in [0, 0.05) is 6.04 Å². The molecule has 142 valence electrons. The summed E-state index contributed by atoms with van der Waals surface area (Å²) in [5, 5.41) is 3.31. The Morgan fingerprint density at radius 2 is 1.81 bits per heavy atom. The Bertz CT molecular complexity index is 774. The molecule has 1 aliphatic rings. The molecule has 0 aliphatic carbocycles. The average Bonchev–Trinajstić information content (AvgIpc) is 2.94. The van der Waals surface area contributed by atoms with Gasteiger partial charge in [0.05, 0.1) is 24.8 Å². The Hall–Kier alpha value is -2.66. The molecule has 1 aliphatic heterocycles. The molecule has 0 unspecified atom stereocenters. The number of ether oxygens (including phenoxy) is 1. The molecule has 2 aromatic rings. The normalized spacial score (nSPS) is 18.0. The summed E-state index contributed by atoms with van der Waals surface area (Å²) >= 11 is 0. The highest BCUT2D eigenvalue weighted by Crippen LogP contribution is 2.25. The Morgan fingerprint density at radius 1 is 1.11 bits per heavy atom. The number of amides is 2. The quantitative estimate of drug-likeness (QED) is 0.728. The van der Waals surface area contributed by atoms with Crippen molar-refractivity contribution < 1.29 is 14.3 Å². The minimum absolute atomic E-state index is 0.0962. The molecule has 0 saturated carbocycles. The van der Waals surface area contributed by atoms with E-state index in [-0.39, 0.29) is 24.3 Å². The van der Waals surface area contributed by atoms with E-state index in [1.165, 1.54) is 10.5 Å². The first-order valence-electron chi connectivity index (χ1n) is 9.48. The van der Waals surface area contributed by atoms with Crippen LogP contribution in [0.25, 0.3) is 0 Å². The third-order valence-corrected chi connectivity index (χ3v) is 4.58. The summed E-state index contributed by atoms with van der Waals surface area (Å²) in [5.41, 5.74) is 1.79. The molecule has 5 nitrogen and oxygen atoms in total. The van der Waals surface area contributed by atoms with E-state index in [9.17, 15) is 9.59 Å². The van der Waals surface area contributed by atoms with Crippen molar-refractivity contribution in [2.75, 3.05) is 11.5 Å². The van der Waals surface area contributed by atoms with E-state index >= 15 is 0 Å². The molecule has 1 fully saturated rings. The van der Waals surface area contributed by atoms with Crippen molar-refractivity contribution in [2.24, 2.45) is 0 Å². The zero-order valence-electron chi connectivity index (χ0n) is 15.9. The van der Waals surface area contributed by atoms with Gasteiger partial charge < -0.3 is 10.1 Å². The second-order valence-electron chi connectivity index (χ2n) is 6.92. The third kappa shape index (κ3) is 4.74. The molecule has 0 spiro atoms. The van der Waals surface area contributed by atoms with Crippen LogP contribution in [0.5, 0.6) is 5.75 Å². The van der Waals surface area contributed by atoms with Crippen molar-refractivity contribution in [1.82, 2.24) is 5.32 Å². The lowest BCUT2D eigenvalue weighted by molar-refractivity contribution is -0.121. The maximum absolute atomic E-state index is 12.8. The second kappa shape index (κ2) is 8.82. The molecule has 2 amide bonds. The van der Waals surface area contributed by atoms with Crippen LogP contribution in [0.3, 0.4) is 0 Å². The van der Waals surface area contributed by atoms with E-state index in [1.54, 1.807) is 24.3 Å². The fourth-order valence-corrected chi connectivity index (χ4v) is 3.31. The van der Waals surface area contributed by atoms with Gasteiger partial charge in [0.15, 0.2) is 0 Å². The van der Waals surface area contributed by atoms with E-state index in [1.807, 2.05) is 32.0 Å². The lowest BCUT2D eigenvalue weighted by Crippen LogP contribution is -2.43. The topological polar surface area (TPSA) is 58.6 Å². The number of benzene rings is 2. The number of carbonyl (C=O) groups excluding carboxylic acids is 2. The Morgan fingerprint density at radius 3 is 2.48 bits per heavy atom. The van der Waals surface area contributed by atoms with Crippen LogP contribution in [-0.2, 0) is 16.0 Å². The fourth-order valence-electron chi connectivity index (χ4n) is 3.31. The molecule has 27 heavy (non-hydrogen) atoms. The van der Waals surface area contributed by atoms with Crippen molar-refractivity contribution in [3.05, 3.63) is 60.2 Å². The van der Waals surface area contributed by atoms with Crippen LogP contribution in [0, 0.1) is 0 Å². The first-order chi connectivity index (χ1) is 13.1. The van der Waals surface area contributed by atoms with E-state index < -0.39 is 6.04 Å². The van der Waals surface area contributed by atoms with Crippen LogP contribution >= 0.6 is 0 Å². The number of nitrogens with zero attached hydrogens (tertiary/aromatic N) is 1. The van der Waals surface area contributed by atoms with Gasteiger partial charge >= 0.3 is 0 Å². The summed E-state index contributed by atoms with van der Waals surface area (Å²) in [4.78, 5) is 26.5. The maximum Gasteiger partial charge on any atom is 0.251 e. The molecule has 1 N–H and O–H groups in total. The molecule has 3 rings (SSSR count). The van der Waals surface area contributed by atoms with Crippen LogP contribution < -0.4 is 15.0 Å². The van der Waals surface area contributed by atoms with E-state index in [0.717, 1.165) is 18.6 Å². The van der Waals surface area contributed by atoms with Crippen LogP contribution in [-0.4, -0.2) is 30.5 Å². The largest absolute Gasteiger partial charge is 0.494 e. The molecular weight excluding hydrogens is 340 g/mol. The zero-order chi connectivity index (χ0) is 19.2. The SMILES string of the molecule is CCCOc1ccc(N2C(=O)C[C@@H](N[C@H](C)Cc3ccccc3)C2=O)cc1. The number of hydrogen-bond acceptors (Lipinski definition) is 4. The highest BCUT2D eigenvalue weighted by atomic mass is 16.5. The van der Waals surface area contributed by atoms with Crippen molar-refractivity contribution in [3.8, 4) is 5.75 Å². The molecule has 5 heteroatoms. The van der Waals surface area contributed by atoms with Crippen LogP contribution in [0.15, 0.2) is 54.6 Å². The smallest absolute Gasteiger partial charge is 0.251 e. The standard InChI is InChI=1S/C22H26N2O3/c1-3-13-27-19-11-9-18(10-12-19)24-21(25)15-20(22(24)26)23-16(2)14-17-7-5-4-6-8-17/h4-12,16,20,23H,3,13-15H2,1-2H3/t16-,20-/m1/s1. The lowest BCUT2D eigenvalue weighted by Gasteiger charge is -2.19. The van der Waals surface area contributed by atoms with E-state index in [2.05, 4.69) is 17.4 Å². The third-order valence-electron chi connectivity index (χ3n) is 4.58. The van der Waals surface area contributed by atoms with Gasteiger partial charge in [-0.1, -0.05) is 37.3 Å². The Labute approximate surface area is 160 Å². The van der Waals surface area contributed by atoms with Gasteiger partial charge in [-0.3, -0.25) is 9.59 Å².